The minimum Gasteiger partial charge on any atom is -0.356 e. The third-order valence-corrected chi connectivity index (χ3v) is 4.05. The van der Waals surface area contributed by atoms with Crippen molar-refractivity contribution >= 4 is 5.91 Å². The van der Waals surface area contributed by atoms with Crippen molar-refractivity contribution in [3.8, 4) is 0 Å². The topological polar surface area (TPSA) is 59.6 Å². The van der Waals surface area contributed by atoms with E-state index in [2.05, 4.69) is 24.5 Å². The van der Waals surface area contributed by atoms with Crippen LogP contribution in [0.4, 0.5) is 0 Å². The fraction of sp³-hybridized carbons (Fsp3) is 0.933. The van der Waals surface area contributed by atoms with Crippen LogP contribution < -0.4 is 10.6 Å². The average Bonchev–Trinajstić information content (AvgIpc) is 2.87. The molecule has 1 amide bonds. The number of rotatable bonds is 6. The number of hydrogen-bond acceptors (Lipinski definition) is 4. The molecule has 20 heavy (non-hydrogen) atoms. The molecule has 2 rings (SSSR count). The normalized spacial score (nSPS) is 22.6. The third kappa shape index (κ3) is 4.72. The number of hydrogen-bond donors (Lipinski definition) is 2. The van der Waals surface area contributed by atoms with E-state index in [1.807, 2.05) is 0 Å². The molecule has 1 saturated carbocycles. The van der Waals surface area contributed by atoms with Crippen LogP contribution in [0.2, 0.25) is 0 Å². The van der Waals surface area contributed by atoms with E-state index in [0.29, 0.717) is 18.4 Å². The highest BCUT2D eigenvalue weighted by atomic mass is 16.7. The Bertz CT molecular complexity index is 304. The van der Waals surface area contributed by atoms with Gasteiger partial charge in [-0.2, -0.15) is 0 Å². The van der Waals surface area contributed by atoms with Gasteiger partial charge in [-0.15, -0.1) is 0 Å². The smallest absolute Gasteiger partial charge is 0.221 e. The molecular weight excluding hydrogens is 256 g/mol. The molecule has 2 aliphatic rings. The summed E-state index contributed by atoms with van der Waals surface area (Å²) in [5.74, 6) is 0.362. The first-order valence-electron chi connectivity index (χ1n) is 7.88. The van der Waals surface area contributed by atoms with Crippen LogP contribution in [0, 0.1) is 5.92 Å². The first kappa shape index (κ1) is 15.7. The van der Waals surface area contributed by atoms with Crippen LogP contribution in [0.25, 0.3) is 0 Å². The summed E-state index contributed by atoms with van der Waals surface area (Å²) in [4.78, 5) is 11.6. The maximum absolute atomic E-state index is 11.6. The zero-order valence-corrected chi connectivity index (χ0v) is 12.7. The molecule has 0 unspecified atom stereocenters. The highest BCUT2D eigenvalue weighted by molar-refractivity contribution is 5.76. The number of amides is 1. The average molecular weight is 284 g/mol. The van der Waals surface area contributed by atoms with Crippen molar-refractivity contribution in [1.82, 2.24) is 10.6 Å². The van der Waals surface area contributed by atoms with Crippen molar-refractivity contribution in [2.24, 2.45) is 5.92 Å². The zero-order chi connectivity index (χ0) is 14.4. The van der Waals surface area contributed by atoms with Gasteiger partial charge in [0.05, 0.1) is 13.2 Å². The fourth-order valence-electron chi connectivity index (χ4n) is 2.84. The zero-order valence-electron chi connectivity index (χ0n) is 12.7. The lowest BCUT2D eigenvalue weighted by Gasteiger charge is -2.35. The maximum Gasteiger partial charge on any atom is 0.221 e. The Morgan fingerprint density at radius 3 is 2.50 bits per heavy atom. The van der Waals surface area contributed by atoms with Gasteiger partial charge in [0, 0.05) is 38.4 Å². The summed E-state index contributed by atoms with van der Waals surface area (Å²) in [6.07, 6.45) is 4.61. The molecule has 0 radical (unpaired) electrons. The van der Waals surface area contributed by atoms with Gasteiger partial charge in [0.1, 0.15) is 0 Å². The second-order valence-electron chi connectivity index (χ2n) is 6.28. The second kappa shape index (κ2) is 7.38. The lowest BCUT2D eigenvalue weighted by molar-refractivity contribution is -0.179. The van der Waals surface area contributed by atoms with Crippen LogP contribution in [0.15, 0.2) is 0 Å². The molecule has 0 aromatic heterocycles. The fourth-order valence-corrected chi connectivity index (χ4v) is 2.84. The molecule has 2 N–H and O–H groups in total. The predicted molar refractivity (Wildman–Crippen MR) is 77.4 cm³/mol. The van der Waals surface area contributed by atoms with Crippen molar-refractivity contribution in [3.63, 3.8) is 0 Å². The van der Waals surface area contributed by atoms with Gasteiger partial charge in [-0.25, -0.2) is 0 Å². The minimum atomic E-state index is -0.285. The van der Waals surface area contributed by atoms with Gasteiger partial charge in [-0.1, -0.05) is 13.8 Å². The third-order valence-electron chi connectivity index (χ3n) is 4.05. The van der Waals surface area contributed by atoms with E-state index in [1.54, 1.807) is 0 Å². The summed E-state index contributed by atoms with van der Waals surface area (Å²) in [6, 6.07) is 0.492. The van der Waals surface area contributed by atoms with Gasteiger partial charge in [-0.3, -0.25) is 4.79 Å². The lowest BCUT2D eigenvalue weighted by Crippen LogP contribution is -2.43. The summed E-state index contributed by atoms with van der Waals surface area (Å²) < 4.78 is 11.4. The highest BCUT2D eigenvalue weighted by Crippen LogP contribution is 2.35. The van der Waals surface area contributed by atoms with E-state index in [9.17, 15) is 4.79 Å². The van der Waals surface area contributed by atoms with Crippen molar-refractivity contribution in [3.05, 3.63) is 0 Å². The van der Waals surface area contributed by atoms with Gasteiger partial charge in [0.2, 0.25) is 5.91 Å². The molecule has 5 nitrogen and oxygen atoms in total. The van der Waals surface area contributed by atoms with E-state index in [1.165, 1.54) is 0 Å². The molecular formula is C15H28N2O3. The van der Waals surface area contributed by atoms with Crippen molar-refractivity contribution in [1.29, 1.82) is 0 Å². The van der Waals surface area contributed by atoms with E-state index in [0.717, 1.165) is 52.0 Å². The standard InChI is InChI=1S/C15H28N2O3/c1-12(2)11-17-14(18)5-8-16-13-3-6-15(7-4-13)19-9-10-20-15/h12-13,16H,3-11H2,1-2H3,(H,17,18). The Balaban J connectivity index is 1.56. The minimum absolute atomic E-state index is 0.140. The van der Waals surface area contributed by atoms with Crippen LogP contribution >= 0.6 is 0 Å². The number of nitrogens with one attached hydrogen (secondary N) is 2. The molecule has 2 fully saturated rings. The Morgan fingerprint density at radius 2 is 1.90 bits per heavy atom. The summed E-state index contributed by atoms with van der Waals surface area (Å²) in [5.41, 5.74) is 0. The largest absolute Gasteiger partial charge is 0.356 e. The molecule has 0 aromatic carbocycles. The highest BCUT2D eigenvalue weighted by Gasteiger charge is 2.40. The molecule has 5 heteroatoms. The molecule has 1 aliphatic carbocycles. The van der Waals surface area contributed by atoms with E-state index >= 15 is 0 Å². The molecule has 1 aliphatic heterocycles. The lowest BCUT2D eigenvalue weighted by atomic mass is 9.90. The van der Waals surface area contributed by atoms with Gasteiger partial charge < -0.3 is 20.1 Å². The van der Waals surface area contributed by atoms with Gasteiger partial charge >= 0.3 is 0 Å². The number of carbonyl (C=O) groups is 1. The summed E-state index contributed by atoms with van der Waals surface area (Å²) in [7, 11) is 0. The van der Waals surface area contributed by atoms with E-state index < -0.39 is 0 Å². The van der Waals surface area contributed by atoms with Crippen LogP contribution in [-0.2, 0) is 14.3 Å². The second-order valence-corrected chi connectivity index (χ2v) is 6.28. The van der Waals surface area contributed by atoms with Gasteiger partial charge in [0.15, 0.2) is 5.79 Å². The Labute approximate surface area is 121 Å². The molecule has 0 aromatic rings. The molecule has 1 spiro atoms. The van der Waals surface area contributed by atoms with Crippen LogP contribution in [-0.4, -0.2) is 44.0 Å². The van der Waals surface area contributed by atoms with Gasteiger partial charge in [0.25, 0.3) is 0 Å². The van der Waals surface area contributed by atoms with E-state index in [4.69, 9.17) is 9.47 Å². The Hall–Kier alpha value is -0.650. The first-order valence-corrected chi connectivity index (χ1v) is 7.88. The molecule has 0 bridgehead atoms. The van der Waals surface area contributed by atoms with Crippen LogP contribution in [0.3, 0.4) is 0 Å². The predicted octanol–water partition coefficient (Wildman–Crippen LogP) is 1.42. The SMILES string of the molecule is CC(C)CNC(=O)CCNC1CCC2(CC1)OCCO2. The number of carbonyl (C=O) groups excluding carboxylic acids is 1. The van der Waals surface area contributed by atoms with Crippen molar-refractivity contribution in [2.45, 2.75) is 57.8 Å². The van der Waals surface area contributed by atoms with Crippen molar-refractivity contribution in [2.75, 3.05) is 26.3 Å². The van der Waals surface area contributed by atoms with E-state index in [-0.39, 0.29) is 11.7 Å². The van der Waals surface area contributed by atoms with Crippen LogP contribution in [0.5, 0.6) is 0 Å². The molecule has 0 atom stereocenters. The molecule has 1 saturated heterocycles. The quantitative estimate of drug-likeness (QED) is 0.774. The monoisotopic (exact) mass is 284 g/mol. The summed E-state index contributed by atoms with van der Waals surface area (Å²) in [6.45, 7) is 7.18. The van der Waals surface area contributed by atoms with Gasteiger partial charge in [-0.05, 0) is 18.8 Å². The summed E-state index contributed by atoms with van der Waals surface area (Å²) in [5, 5.41) is 6.42. The Kier molecular flexibility index (Phi) is 5.81. The van der Waals surface area contributed by atoms with Crippen molar-refractivity contribution < 1.29 is 14.3 Å². The van der Waals surface area contributed by atoms with Crippen LogP contribution in [0.1, 0.15) is 46.0 Å². The Morgan fingerprint density at radius 1 is 1.25 bits per heavy atom. The number of ether oxygens (including phenoxy) is 2. The maximum atomic E-state index is 11.6. The summed E-state index contributed by atoms with van der Waals surface area (Å²) >= 11 is 0. The molecule has 116 valence electrons. The first-order chi connectivity index (χ1) is 9.60. The molecule has 1 heterocycles.